The topological polar surface area (TPSA) is 67.7 Å². The third-order valence-corrected chi connectivity index (χ3v) is 2.76. The Labute approximate surface area is 113 Å². The number of nitrogens with one attached hydrogen (secondary N) is 2. The molecule has 2 heterocycles. The van der Waals surface area contributed by atoms with Crippen molar-refractivity contribution in [1.82, 2.24) is 19.7 Å². The van der Waals surface area contributed by atoms with E-state index in [2.05, 4.69) is 32.6 Å². The quantitative estimate of drug-likeness (QED) is 0.864. The molecule has 6 heteroatoms. The minimum Gasteiger partial charge on any atom is -0.370 e. The van der Waals surface area contributed by atoms with Crippen LogP contribution in [0.25, 0.3) is 0 Å². The van der Waals surface area contributed by atoms with Crippen molar-refractivity contribution in [3.63, 3.8) is 0 Å². The SMILES string of the molecule is CCCNc1nc(C)nc(Nc2ccn(C)n2)c1C. The van der Waals surface area contributed by atoms with Crippen molar-refractivity contribution in [2.45, 2.75) is 27.2 Å². The highest BCUT2D eigenvalue weighted by Gasteiger charge is 2.09. The lowest BCUT2D eigenvalue weighted by Gasteiger charge is -2.12. The molecule has 19 heavy (non-hydrogen) atoms. The number of hydrogen-bond acceptors (Lipinski definition) is 5. The number of rotatable bonds is 5. The van der Waals surface area contributed by atoms with E-state index in [-0.39, 0.29) is 0 Å². The van der Waals surface area contributed by atoms with Crippen LogP contribution in [0.3, 0.4) is 0 Å². The molecule has 0 radical (unpaired) electrons. The van der Waals surface area contributed by atoms with Crippen LogP contribution >= 0.6 is 0 Å². The molecule has 0 amide bonds. The van der Waals surface area contributed by atoms with Gasteiger partial charge in [0.1, 0.15) is 17.5 Å². The van der Waals surface area contributed by atoms with E-state index in [4.69, 9.17) is 0 Å². The van der Waals surface area contributed by atoms with E-state index < -0.39 is 0 Å². The maximum atomic E-state index is 4.43. The molecule has 6 nitrogen and oxygen atoms in total. The summed E-state index contributed by atoms with van der Waals surface area (Å²) in [5.74, 6) is 3.20. The fourth-order valence-corrected chi connectivity index (χ4v) is 1.77. The van der Waals surface area contributed by atoms with Gasteiger partial charge in [0.15, 0.2) is 5.82 Å². The lowest BCUT2D eigenvalue weighted by Crippen LogP contribution is -2.09. The van der Waals surface area contributed by atoms with E-state index in [0.29, 0.717) is 0 Å². The van der Waals surface area contributed by atoms with E-state index >= 15 is 0 Å². The molecule has 102 valence electrons. The van der Waals surface area contributed by atoms with E-state index in [1.807, 2.05) is 33.2 Å². The van der Waals surface area contributed by atoms with Gasteiger partial charge in [-0.05, 0) is 20.3 Å². The highest BCUT2D eigenvalue weighted by molar-refractivity contribution is 5.62. The van der Waals surface area contributed by atoms with Crippen molar-refractivity contribution in [3.8, 4) is 0 Å². The minimum atomic E-state index is 0.739. The summed E-state index contributed by atoms with van der Waals surface area (Å²) >= 11 is 0. The van der Waals surface area contributed by atoms with Gasteiger partial charge in [-0.2, -0.15) is 5.10 Å². The van der Waals surface area contributed by atoms with Crippen molar-refractivity contribution in [3.05, 3.63) is 23.7 Å². The maximum Gasteiger partial charge on any atom is 0.153 e. The first-order chi connectivity index (χ1) is 9.10. The second kappa shape index (κ2) is 5.69. The number of anilines is 3. The fourth-order valence-electron chi connectivity index (χ4n) is 1.77. The largest absolute Gasteiger partial charge is 0.370 e. The molecule has 0 spiro atoms. The first-order valence-electron chi connectivity index (χ1n) is 6.46. The van der Waals surface area contributed by atoms with Gasteiger partial charge in [0.25, 0.3) is 0 Å². The zero-order valence-corrected chi connectivity index (χ0v) is 11.9. The molecule has 0 aliphatic rings. The van der Waals surface area contributed by atoms with Crippen LogP contribution in [0.4, 0.5) is 17.5 Å². The first kappa shape index (κ1) is 13.3. The Bertz CT molecular complexity index is 560. The summed E-state index contributed by atoms with van der Waals surface area (Å²) in [4.78, 5) is 8.86. The third-order valence-electron chi connectivity index (χ3n) is 2.76. The van der Waals surface area contributed by atoms with E-state index in [9.17, 15) is 0 Å². The molecule has 0 aliphatic carbocycles. The summed E-state index contributed by atoms with van der Waals surface area (Å²) in [5.41, 5.74) is 1.00. The molecule has 2 N–H and O–H groups in total. The van der Waals surface area contributed by atoms with Crippen molar-refractivity contribution < 1.29 is 0 Å². The Kier molecular flexibility index (Phi) is 3.99. The van der Waals surface area contributed by atoms with E-state index in [1.54, 1.807) is 4.68 Å². The Balaban J connectivity index is 2.26. The maximum absolute atomic E-state index is 4.43. The van der Waals surface area contributed by atoms with Crippen molar-refractivity contribution >= 4 is 17.5 Å². The molecule has 2 aromatic heterocycles. The van der Waals surface area contributed by atoms with Crippen LogP contribution in [0.5, 0.6) is 0 Å². The van der Waals surface area contributed by atoms with Crippen molar-refractivity contribution in [1.29, 1.82) is 0 Å². The zero-order valence-electron chi connectivity index (χ0n) is 11.9. The normalized spacial score (nSPS) is 10.5. The number of aryl methyl sites for hydroxylation is 2. The van der Waals surface area contributed by atoms with E-state index in [0.717, 1.165) is 41.8 Å². The number of nitrogens with zero attached hydrogens (tertiary/aromatic N) is 4. The van der Waals surface area contributed by atoms with Gasteiger partial charge in [0.2, 0.25) is 0 Å². The van der Waals surface area contributed by atoms with Gasteiger partial charge < -0.3 is 10.6 Å². The van der Waals surface area contributed by atoms with E-state index in [1.165, 1.54) is 0 Å². The predicted molar refractivity (Wildman–Crippen MR) is 76.8 cm³/mol. The first-order valence-corrected chi connectivity index (χ1v) is 6.46. The number of hydrogen-bond donors (Lipinski definition) is 2. The fraction of sp³-hybridized carbons (Fsp3) is 0.462. The lowest BCUT2D eigenvalue weighted by atomic mass is 10.3. The molecule has 0 unspecified atom stereocenters. The van der Waals surface area contributed by atoms with Gasteiger partial charge in [-0.1, -0.05) is 6.92 Å². The monoisotopic (exact) mass is 260 g/mol. The van der Waals surface area contributed by atoms with Gasteiger partial charge in [-0.3, -0.25) is 4.68 Å². The summed E-state index contributed by atoms with van der Waals surface area (Å²) in [6, 6.07) is 1.91. The van der Waals surface area contributed by atoms with Gasteiger partial charge in [-0.15, -0.1) is 0 Å². The summed E-state index contributed by atoms with van der Waals surface area (Å²) in [6.45, 7) is 6.92. The highest BCUT2D eigenvalue weighted by atomic mass is 15.3. The molecular formula is C13H20N6. The van der Waals surface area contributed by atoms with Crippen LogP contribution in [0, 0.1) is 13.8 Å². The minimum absolute atomic E-state index is 0.739. The Morgan fingerprint density at radius 2 is 1.95 bits per heavy atom. The Hall–Kier alpha value is -2.11. The molecular weight excluding hydrogens is 240 g/mol. The summed E-state index contributed by atoms with van der Waals surface area (Å²) in [5, 5.41) is 10.8. The predicted octanol–water partition coefficient (Wildman–Crippen LogP) is 2.39. The van der Waals surface area contributed by atoms with Gasteiger partial charge in [0.05, 0.1) is 0 Å². The molecule has 0 aromatic carbocycles. The second-order valence-electron chi connectivity index (χ2n) is 4.52. The molecule has 0 atom stereocenters. The lowest BCUT2D eigenvalue weighted by molar-refractivity contribution is 0.771. The third kappa shape index (κ3) is 3.21. The standard InChI is InChI=1S/C13H20N6/c1-5-7-14-12-9(2)13(16-10(3)15-12)17-11-6-8-19(4)18-11/h6,8H,5,7H2,1-4H3,(H2,14,15,16,17,18). The Morgan fingerprint density at radius 1 is 1.21 bits per heavy atom. The van der Waals surface area contributed by atoms with Crippen molar-refractivity contribution in [2.75, 3.05) is 17.2 Å². The van der Waals surface area contributed by atoms with Crippen LogP contribution in [0.2, 0.25) is 0 Å². The zero-order chi connectivity index (χ0) is 13.8. The molecule has 0 fully saturated rings. The van der Waals surface area contributed by atoms with Crippen LogP contribution < -0.4 is 10.6 Å². The summed E-state index contributed by atoms with van der Waals surface area (Å²) < 4.78 is 1.75. The van der Waals surface area contributed by atoms with Crippen LogP contribution in [0.1, 0.15) is 24.7 Å². The van der Waals surface area contributed by atoms with Crippen LogP contribution in [-0.2, 0) is 7.05 Å². The van der Waals surface area contributed by atoms with Crippen LogP contribution in [-0.4, -0.2) is 26.3 Å². The second-order valence-corrected chi connectivity index (χ2v) is 4.52. The van der Waals surface area contributed by atoms with Gasteiger partial charge in [0, 0.05) is 31.4 Å². The smallest absolute Gasteiger partial charge is 0.153 e. The molecule has 0 bridgehead atoms. The Morgan fingerprint density at radius 3 is 2.58 bits per heavy atom. The molecule has 0 saturated heterocycles. The molecule has 2 aromatic rings. The van der Waals surface area contributed by atoms with Gasteiger partial charge >= 0.3 is 0 Å². The molecule has 2 rings (SSSR count). The average molecular weight is 260 g/mol. The summed E-state index contributed by atoms with van der Waals surface area (Å²) in [7, 11) is 1.89. The highest BCUT2D eigenvalue weighted by Crippen LogP contribution is 2.22. The van der Waals surface area contributed by atoms with Gasteiger partial charge in [-0.25, -0.2) is 9.97 Å². The molecule has 0 aliphatic heterocycles. The van der Waals surface area contributed by atoms with Crippen molar-refractivity contribution in [2.24, 2.45) is 7.05 Å². The average Bonchev–Trinajstić information content (AvgIpc) is 2.77. The summed E-state index contributed by atoms with van der Waals surface area (Å²) in [6.07, 6.45) is 2.95. The van der Waals surface area contributed by atoms with Crippen LogP contribution in [0.15, 0.2) is 12.3 Å². The number of aromatic nitrogens is 4. The molecule has 0 saturated carbocycles.